The maximum Gasteiger partial charge on any atom is 0.185 e. The molecular formula is C10H12ClNO2S. The molecule has 0 aromatic heterocycles. The van der Waals surface area contributed by atoms with Crippen molar-refractivity contribution in [1.29, 1.82) is 0 Å². The first kappa shape index (κ1) is 10.9. The van der Waals surface area contributed by atoms with Crippen LogP contribution < -0.4 is 5.73 Å². The number of sulfone groups is 1. The number of halogens is 1. The third kappa shape index (κ3) is 1.67. The average Bonchev–Trinajstić information content (AvgIpc) is 2.99. The molecule has 0 spiro atoms. The van der Waals surface area contributed by atoms with E-state index in [0.29, 0.717) is 22.8 Å². The predicted octanol–water partition coefficient (Wildman–Crippen LogP) is 1.60. The molecule has 0 saturated heterocycles. The number of rotatable bonds is 3. The molecule has 1 saturated carbocycles. The first-order valence-corrected chi connectivity index (χ1v) is 6.58. The Labute approximate surface area is 94.2 Å². The van der Waals surface area contributed by atoms with Crippen LogP contribution in [-0.4, -0.2) is 19.7 Å². The van der Waals surface area contributed by atoms with Gasteiger partial charge in [-0.2, -0.15) is 0 Å². The van der Waals surface area contributed by atoms with Crippen LogP contribution in [0.25, 0.3) is 0 Å². The third-order valence-electron chi connectivity index (χ3n) is 2.87. The second-order valence-corrected chi connectivity index (χ2v) is 6.63. The van der Waals surface area contributed by atoms with E-state index in [9.17, 15) is 8.42 Å². The summed E-state index contributed by atoms with van der Waals surface area (Å²) in [4.78, 5) is 0.315. The molecule has 1 aromatic carbocycles. The Kier molecular flexibility index (Phi) is 2.53. The predicted molar refractivity (Wildman–Crippen MR) is 59.7 cm³/mol. The molecule has 1 fully saturated rings. The molecule has 5 heteroatoms. The third-order valence-corrected chi connectivity index (χ3v) is 5.73. The highest BCUT2D eigenvalue weighted by molar-refractivity contribution is 7.93. The molecule has 1 aromatic rings. The second-order valence-electron chi connectivity index (χ2n) is 3.84. The summed E-state index contributed by atoms with van der Waals surface area (Å²) >= 11 is 5.71. The summed E-state index contributed by atoms with van der Waals surface area (Å²) in [5.74, 6) is 0. The Balaban J connectivity index is 2.43. The molecule has 82 valence electrons. The summed E-state index contributed by atoms with van der Waals surface area (Å²) in [6.45, 7) is 0.192. The highest BCUT2D eigenvalue weighted by atomic mass is 35.5. The van der Waals surface area contributed by atoms with Crippen LogP contribution in [-0.2, 0) is 9.84 Å². The van der Waals surface area contributed by atoms with E-state index in [2.05, 4.69) is 0 Å². The summed E-state index contributed by atoms with van der Waals surface area (Å²) in [5, 5.41) is 0.534. The topological polar surface area (TPSA) is 60.2 Å². The van der Waals surface area contributed by atoms with Crippen LogP contribution in [0.1, 0.15) is 12.8 Å². The van der Waals surface area contributed by atoms with Gasteiger partial charge >= 0.3 is 0 Å². The summed E-state index contributed by atoms with van der Waals surface area (Å²) in [7, 11) is -3.28. The molecule has 0 aliphatic heterocycles. The Morgan fingerprint density at radius 1 is 1.27 bits per heavy atom. The maximum absolute atomic E-state index is 12.1. The second kappa shape index (κ2) is 3.47. The summed E-state index contributed by atoms with van der Waals surface area (Å²) < 4.78 is 23.6. The average molecular weight is 246 g/mol. The smallest absolute Gasteiger partial charge is 0.185 e. The summed E-state index contributed by atoms with van der Waals surface area (Å²) in [5.41, 5.74) is 5.52. The van der Waals surface area contributed by atoms with Gasteiger partial charge in [0.2, 0.25) is 0 Å². The van der Waals surface area contributed by atoms with Crippen LogP contribution in [0, 0.1) is 0 Å². The molecular weight excluding hydrogens is 234 g/mol. The molecule has 2 rings (SSSR count). The molecule has 1 aliphatic rings. The van der Waals surface area contributed by atoms with E-state index in [1.807, 2.05) is 0 Å². The number of hydrogen-bond donors (Lipinski definition) is 1. The van der Waals surface area contributed by atoms with Crippen molar-refractivity contribution in [2.75, 3.05) is 6.54 Å². The van der Waals surface area contributed by atoms with E-state index < -0.39 is 14.6 Å². The molecule has 3 nitrogen and oxygen atoms in total. The lowest BCUT2D eigenvalue weighted by molar-refractivity contribution is 0.577. The largest absolute Gasteiger partial charge is 0.329 e. The fourth-order valence-electron chi connectivity index (χ4n) is 1.59. The van der Waals surface area contributed by atoms with Crippen molar-refractivity contribution in [1.82, 2.24) is 0 Å². The van der Waals surface area contributed by atoms with Crippen LogP contribution in [0.15, 0.2) is 29.2 Å². The van der Waals surface area contributed by atoms with Gasteiger partial charge in [0.15, 0.2) is 9.84 Å². The van der Waals surface area contributed by atoms with Gasteiger partial charge in [0.05, 0.1) is 9.64 Å². The lowest BCUT2D eigenvalue weighted by atomic mass is 10.4. The zero-order valence-corrected chi connectivity index (χ0v) is 9.68. The molecule has 0 bridgehead atoms. The highest BCUT2D eigenvalue weighted by Crippen LogP contribution is 2.45. The molecule has 2 N–H and O–H groups in total. The highest BCUT2D eigenvalue weighted by Gasteiger charge is 2.53. The van der Waals surface area contributed by atoms with Crippen molar-refractivity contribution in [3.05, 3.63) is 29.3 Å². The van der Waals surface area contributed by atoms with Crippen LogP contribution in [0.4, 0.5) is 0 Å². The van der Waals surface area contributed by atoms with Gasteiger partial charge in [0, 0.05) is 11.6 Å². The monoisotopic (exact) mass is 245 g/mol. The standard InChI is InChI=1S/C10H12ClNO2S/c11-8-1-3-9(4-2-8)15(13,14)10(7-12)5-6-10/h1-4H,5-7,12H2. The van der Waals surface area contributed by atoms with Crippen molar-refractivity contribution in [3.63, 3.8) is 0 Å². The fraction of sp³-hybridized carbons (Fsp3) is 0.400. The van der Waals surface area contributed by atoms with Gasteiger partial charge in [-0.15, -0.1) is 0 Å². The van der Waals surface area contributed by atoms with Gasteiger partial charge in [0.25, 0.3) is 0 Å². The molecule has 15 heavy (non-hydrogen) atoms. The minimum absolute atomic E-state index is 0.192. The molecule has 0 atom stereocenters. The lowest BCUT2D eigenvalue weighted by Crippen LogP contribution is -2.31. The zero-order valence-electron chi connectivity index (χ0n) is 8.11. The first-order valence-electron chi connectivity index (χ1n) is 4.72. The van der Waals surface area contributed by atoms with Gasteiger partial charge < -0.3 is 5.73 Å². The minimum atomic E-state index is -3.28. The van der Waals surface area contributed by atoms with Crippen LogP contribution >= 0.6 is 11.6 Å². The Morgan fingerprint density at radius 2 is 1.80 bits per heavy atom. The van der Waals surface area contributed by atoms with E-state index in [0.717, 1.165) is 0 Å². The van der Waals surface area contributed by atoms with E-state index >= 15 is 0 Å². The van der Waals surface area contributed by atoms with Crippen molar-refractivity contribution in [2.24, 2.45) is 5.73 Å². The van der Waals surface area contributed by atoms with Crippen molar-refractivity contribution < 1.29 is 8.42 Å². The fourth-order valence-corrected chi connectivity index (χ4v) is 3.57. The zero-order chi connectivity index (χ0) is 11.1. The van der Waals surface area contributed by atoms with Crippen molar-refractivity contribution in [3.8, 4) is 0 Å². The SMILES string of the molecule is NCC1(S(=O)(=O)c2ccc(Cl)cc2)CC1. The van der Waals surface area contributed by atoms with Gasteiger partial charge in [-0.1, -0.05) is 11.6 Å². The van der Waals surface area contributed by atoms with E-state index in [1.54, 1.807) is 12.1 Å². The quantitative estimate of drug-likeness (QED) is 0.880. The first-order chi connectivity index (χ1) is 7.02. The molecule has 1 aliphatic carbocycles. The van der Waals surface area contributed by atoms with Gasteiger partial charge in [-0.05, 0) is 37.1 Å². The van der Waals surface area contributed by atoms with E-state index in [1.165, 1.54) is 12.1 Å². The van der Waals surface area contributed by atoms with Gasteiger partial charge in [-0.25, -0.2) is 8.42 Å². The Morgan fingerprint density at radius 3 is 2.20 bits per heavy atom. The number of benzene rings is 1. The lowest BCUT2D eigenvalue weighted by Gasteiger charge is -2.13. The van der Waals surface area contributed by atoms with Crippen molar-refractivity contribution >= 4 is 21.4 Å². The summed E-state index contributed by atoms with van der Waals surface area (Å²) in [6.07, 6.45) is 1.32. The normalized spacial score (nSPS) is 18.8. The molecule has 0 unspecified atom stereocenters. The number of hydrogen-bond acceptors (Lipinski definition) is 3. The number of nitrogens with two attached hydrogens (primary N) is 1. The van der Waals surface area contributed by atoms with Gasteiger partial charge in [0.1, 0.15) is 0 Å². The van der Waals surface area contributed by atoms with Crippen LogP contribution in [0.3, 0.4) is 0 Å². The molecule has 0 radical (unpaired) electrons. The molecule has 0 heterocycles. The van der Waals surface area contributed by atoms with Gasteiger partial charge in [-0.3, -0.25) is 0 Å². The summed E-state index contributed by atoms with van der Waals surface area (Å²) in [6, 6.07) is 6.24. The van der Waals surface area contributed by atoms with E-state index in [4.69, 9.17) is 17.3 Å². The van der Waals surface area contributed by atoms with Crippen LogP contribution in [0.5, 0.6) is 0 Å². The van der Waals surface area contributed by atoms with Crippen LogP contribution in [0.2, 0.25) is 5.02 Å². The Bertz CT molecular complexity index is 463. The maximum atomic E-state index is 12.1. The van der Waals surface area contributed by atoms with Crippen molar-refractivity contribution in [2.45, 2.75) is 22.5 Å². The minimum Gasteiger partial charge on any atom is -0.329 e. The Hall–Kier alpha value is -0.580. The van der Waals surface area contributed by atoms with E-state index in [-0.39, 0.29) is 6.54 Å². The molecule has 0 amide bonds.